The van der Waals surface area contributed by atoms with Crippen molar-refractivity contribution >= 4 is 34.1 Å². The van der Waals surface area contributed by atoms with Crippen LogP contribution in [-0.4, -0.2) is 58.3 Å². The predicted molar refractivity (Wildman–Crippen MR) is 130 cm³/mol. The van der Waals surface area contributed by atoms with Gasteiger partial charge in [0.2, 0.25) is 5.95 Å². The van der Waals surface area contributed by atoms with E-state index in [9.17, 15) is 5.11 Å². The third kappa shape index (κ3) is 4.01. The Morgan fingerprint density at radius 1 is 1.14 bits per heavy atom. The fourth-order valence-corrected chi connectivity index (χ4v) is 4.19. The van der Waals surface area contributed by atoms with Crippen molar-refractivity contribution in [1.82, 2.24) is 34.5 Å². The number of β-amino-alcohol motifs (C(OH)–C–C–N with tert-alkyl or cyclic N) is 1. The summed E-state index contributed by atoms with van der Waals surface area (Å²) >= 11 is 0. The minimum atomic E-state index is -0.793. The second-order valence-corrected chi connectivity index (χ2v) is 9.00. The Balaban J connectivity index is 1.29. The van der Waals surface area contributed by atoms with Crippen molar-refractivity contribution in [3.05, 3.63) is 60.7 Å². The smallest absolute Gasteiger partial charge is 0.226 e. The number of halogens is 1. The number of nitrogens with zero attached hydrogens (tertiary/aromatic N) is 8. The number of aliphatic hydroxyl groups is 1. The molecule has 4 aromatic heterocycles. The van der Waals surface area contributed by atoms with Gasteiger partial charge in [0.15, 0.2) is 17.3 Å². The van der Waals surface area contributed by atoms with Crippen molar-refractivity contribution in [2.75, 3.05) is 23.3 Å². The van der Waals surface area contributed by atoms with Gasteiger partial charge < -0.3 is 20.1 Å². The van der Waals surface area contributed by atoms with Gasteiger partial charge in [-0.15, -0.1) is 0 Å². The van der Waals surface area contributed by atoms with E-state index in [1.54, 1.807) is 55.0 Å². The number of hydrogen-bond donors (Lipinski definition) is 2. The molecule has 0 spiro atoms. The van der Waals surface area contributed by atoms with Crippen molar-refractivity contribution in [3.63, 3.8) is 0 Å². The van der Waals surface area contributed by atoms with Crippen LogP contribution >= 0.6 is 0 Å². The first-order chi connectivity index (χ1) is 17.4. The Morgan fingerprint density at radius 3 is 2.86 bits per heavy atom. The molecule has 1 aliphatic heterocycles. The van der Waals surface area contributed by atoms with E-state index in [1.165, 1.54) is 12.7 Å². The number of aromatic nitrogens is 7. The van der Waals surface area contributed by atoms with E-state index in [0.29, 0.717) is 65.0 Å². The molecule has 11 nitrogen and oxygen atoms in total. The van der Waals surface area contributed by atoms with E-state index < -0.39 is 11.4 Å². The summed E-state index contributed by atoms with van der Waals surface area (Å²) in [7, 11) is 0. The highest BCUT2D eigenvalue weighted by atomic mass is 19.1. The molecular weight excluding hydrogens is 465 g/mol. The summed E-state index contributed by atoms with van der Waals surface area (Å²) in [5.74, 6) is 1.22. The minimum Gasteiger partial charge on any atom is -0.457 e. The van der Waals surface area contributed by atoms with Crippen LogP contribution in [-0.2, 0) is 0 Å². The van der Waals surface area contributed by atoms with Crippen LogP contribution in [0.3, 0.4) is 0 Å². The zero-order chi connectivity index (χ0) is 24.9. The van der Waals surface area contributed by atoms with Crippen LogP contribution in [0.1, 0.15) is 18.9 Å². The van der Waals surface area contributed by atoms with Gasteiger partial charge in [-0.3, -0.25) is 0 Å². The minimum absolute atomic E-state index is 0.219. The molecule has 1 atom stereocenters. The Morgan fingerprint density at radius 2 is 2.03 bits per heavy atom. The number of rotatable bonds is 5. The molecule has 0 aliphatic carbocycles. The lowest BCUT2D eigenvalue weighted by Gasteiger charge is -2.19. The molecule has 5 heterocycles. The van der Waals surface area contributed by atoms with Crippen LogP contribution < -0.4 is 15.0 Å². The zero-order valence-electron chi connectivity index (χ0n) is 19.6. The van der Waals surface area contributed by atoms with Gasteiger partial charge in [0.25, 0.3) is 0 Å². The molecule has 0 saturated carbocycles. The SMILES string of the molecule is Cc1c(Oc2ccn3ncnc3c2)ccc(Nc2ncnc3cnc(N4CC[C@](C)(O)C4)nc23)c1F. The van der Waals surface area contributed by atoms with Crippen LogP contribution in [0.15, 0.2) is 49.3 Å². The largest absolute Gasteiger partial charge is 0.457 e. The Hall–Kier alpha value is -4.45. The lowest BCUT2D eigenvalue weighted by atomic mass is 10.1. The van der Waals surface area contributed by atoms with E-state index in [2.05, 4.69) is 35.3 Å². The van der Waals surface area contributed by atoms with Crippen molar-refractivity contribution in [2.45, 2.75) is 25.9 Å². The number of benzene rings is 1. The maximum absolute atomic E-state index is 15.4. The highest BCUT2D eigenvalue weighted by Gasteiger charge is 2.32. The van der Waals surface area contributed by atoms with E-state index in [1.807, 2.05) is 4.90 Å². The van der Waals surface area contributed by atoms with Crippen molar-refractivity contribution in [3.8, 4) is 11.5 Å². The molecule has 0 radical (unpaired) electrons. The Bertz CT molecular complexity index is 1600. The normalized spacial score (nSPS) is 17.7. The molecule has 0 unspecified atom stereocenters. The van der Waals surface area contributed by atoms with Gasteiger partial charge >= 0.3 is 0 Å². The van der Waals surface area contributed by atoms with Crippen LogP contribution in [0.5, 0.6) is 11.5 Å². The molecule has 1 fully saturated rings. The Kier molecular flexibility index (Phi) is 5.11. The number of nitrogens with one attached hydrogen (secondary N) is 1. The third-order valence-electron chi connectivity index (χ3n) is 6.17. The quantitative estimate of drug-likeness (QED) is 0.381. The van der Waals surface area contributed by atoms with Gasteiger partial charge in [0, 0.05) is 30.9 Å². The van der Waals surface area contributed by atoms with Gasteiger partial charge in [0.05, 0.1) is 17.5 Å². The van der Waals surface area contributed by atoms with Gasteiger partial charge in [0.1, 0.15) is 35.2 Å². The predicted octanol–water partition coefficient (Wildman–Crippen LogP) is 3.41. The van der Waals surface area contributed by atoms with E-state index in [0.717, 1.165) is 0 Å². The maximum Gasteiger partial charge on any atom is 0.226 e. The molecule has 2 N–H and O–H groups in total. The van der Waals surface area contributed by atoms with Gasteiger partial charge in [-0.05, 0) is 38.5 Å². The first kappa shape index (κ1) is 22.0. The molecule has 6 rings (SSSR count). The van der Waals surface area contributed by atoms with Crippen LogP contribution in [0, 0.1) is 12.7 Å². The van der Waals surface area contributed by atoms with Gasteiger partial charge in [-0.25, -0.2) is 33.8 Å². The van der Waals surface area contributed by atoms with Gasteiger partial charge in [-0.2, -0.15) is 5.10 Å². The molecule has 0 amide bonds. The monoisotopic (exact) mass is 487 g/mol. The fraction of sp³-hybridized carbons (Fsp3) is 0.250. The zero-order valence-corrected chi connectivity index (χ0v) is 19.6. The molecule has 5 aromatic rings. The van der Waals surface area contributed by atoms with Crippen LogP contribution in [0.2, 0.25) is 0 Å². The summed E-state index contributed by atoms with van der Waals surface area (Å²) < 4.78 is 22.9. The van der Waals surface area contributed by atoms with Crippen molar-refractivity contribution < 1.29 is 14.2 Å². The highest BCUT2D eigenvalue weighted by molar-refractivity contribution is 5.87. The highest BCUT2D eigenvalue weighted by Crippen LogP contribution is 2.33. The lowest BCUT2D eigenvalue weighted by molar-refractivity contribution is 0.0838. The first-order valence-corrected chi connectivity index (χ1v) is 11.3. The van der Waals surface area contributed by atoms with Crippen molar-refractivity contribution in [2.24, 2.45) is 0 Å². The van der Waals surface area contributed by atoms with Crippen LogP contribution in [0.25, 0.3) is 16.7 Å². The number of pyridine rings is 1. The fourth-order valence-electron chi connectivity index (χ4n) is 4.19. The standard InChI is InChI=1S/C24H22FN9O2/c1-14-18(36-15-5-7-34-19(9-15)28-13-30-34)4-3-16(20(14)25)31-22-21-17(27-12-29-22)10-26-23(32-21)33-8-6-24(2,35)11-33/h3-5,7,9-10,12-13,35H,6,8,11H2,1-2H3,(H,27,29,31)/t24-/m0/s1. The first-order valence-electron chi connectivity index (χ1n) is 11.3. The van der Waals surface area contributed by atoms with E-state index in [-0.39, 0.29) is 5.69 Å². The summed E-state index contributed by atoms with van der Waals surface area (Å²) in [5.41, 5.74) is 1.35. The summed E-state index contributed by atoms with van der Waals surface area (Å²) in [6.07, 6.45) is 6.76. The van der Waals surface area contributed by atoms with Gasteiger partial charge in [-0.1, -0.05) is 0 Å². The average Bonchev–Trinajstić information content (AvgIpc) is 3.49. The summed E-state index contributed by atoms with van der Waals surface area (Å²) in [4.78, 5) is 23.6. The molecule has 1 aliphatic rings. The maximum atomic E-state index is 15.4. The molecule has 1 aromatic carbocycles. The third-order valence-corrected chi connectivity index (χ3v) is 6.17. The molecule has 36 heavy (non-hydrogen) atoms. The van der Waals surface area contributed by atoms with E-state index >= 15 is 4.39 Å². The number of fused-ring (bicyclic) bond motifs is 2. The second kappa shape index (κ2) is 8.34. The number of ether oxygens (including phenoxy) is 1. The Labute approximate surface area is 204 Å². The van der Waals surface area contributed by atoms with Crippen molar-refractivity contribution in [1.29, 1.82) is 0 Å². The molecular formula is C24H22FN9O2. The molecule has 182 valence electrons. The summed E-state index contributed by atoms with van der Waals surface area (Å²) in [6, 6.07) is 6.72. The summed E-state index contributed by atoms with van der Waals surface area (Å²) in [6.45, 7) is 4.49. The average molecular weight is 487 g/mol. The molecule has 0 bridgehead atoms. The lowest BCUT2D eigenvalue weighted by Crippen LogP contribution is -2.30. The molecule has 1 saturated heterocycles. The topological polar surface area (TPSA) is 126 Å². The number of anilines is 3. The number of hydrogen-bond acceptors (Lipinski definition) is 10. The second-order valence-electron chi connectivity index (χ2n) is 9.00. The summed E-state index contributed by atoms with van der Waals surface area (Å²) in [5, 5.41) is 17.4. The van der Waals surface area contributed by atoms with E-state index in [4.69, 9.17) is 4.74 Å². The van der Waals surface area contributed by atoms with Crippen LogP contribution in [0.4, 0.5) is 21.8 Å². The molecule has 12 heteroatoms.